The molecule has 1 aromatic rings. The second-order valence-electron chi connectivity index (χ2n) is 7.20. The number of nitrogen functional groups attached to an aromatic ring is 1. The van der Waals surface area contributed by atoms with Gasteiger partial charge in [-0.2, -0.15) is 5.10 Å². The highest BCUT2D eigenvalue weighted by molar-refractivity contribution is 5.30. The van der Waals surface area contributed by atoms with Crippen LogP contribution in [0, 0.1) is 23.7 Å². The van der Waals surface area contributed by atoms with Crippen molar-refractivity contribution in [3.8, 4) is 0 Å². The summed E-state index contributed by atoms with van der Waals surface area (Å²) in [6.45, 7) is 0.795. The van der Waals surface area contributed by atoms with Crippen LogP contribution in [0.15, 0.2) is 6.07 Å². The number of aromatic nitrogens is 2. The molecule has 0 radical (unpaired) electrons. The molecule has 4 aliphatic carbocycles. The Hall–Kier alpha value is -1.03. The van der Waals surface area contributed by atoms with Crippen LogP contribution in [-0.2, 0) is 18.2 Å². The zero-order valence-corrected chi connectivity index (χ0v) is 12.3. The molecule has 20 heavy (non-hydrogen) atoms. The van der Waals surface area contributed by atoms with Gasteiger partial charge in [0.05, 0.1) is 18.4 Å². The highest BCUT2D eigenvalue weighted by atomic mass is 16.5. The van der Waals surface area contributed by atoms with Crippen molar-refractivity contribution in [2.24, 2.45) is 30.7 Å². The van der Waals surface area contributed by atoms with E-state index in [0.29, 0.717) is 6.10 Å². The first kappa shape index (κ1) is 12.7. The third kappa shape index (κ3) is 2.14. The molecule has 0 spiro atoms. The van der Waals surface area contributed by atoms with Gasteiger partial charge in [-0.05, 0) is 55.8 Å². The van der Waals surface area contributed by atoms with Crippen LogP contribution in [0.4, 0.5) is 5.82 Å². The molecule has 4 bridgehead atoms. The Labute approximate surface area is 120 Å². The molecule has 0 aliphatic heterocycles. The smallest absolute Gasteiger partial charge is 0.121 e. The Balaban J connectivity index is 1.33. The Morgan fingerprint density at radius 2 is 1.85 bits per heavy atom. The predicted octanol–water partition coefficient (Wildman–Crippen LogP) is 2.39. The van der Waals surface area contributed by atoms with E-state index in [0.717, 1.165) is 48.2 Å². The molecule has 0 amide bonds. The van der Waals surface area contributed by atoms with Gasteiger partial charge in [0, 0.05) is 19.5 Å². The predicted molar refractivity (Wildman–Crippen MR) is 78.1 cm³/mol. The van der Waals surface area contributed by atoms with Crippen LogP contribution in [0.5, 0.6) is 0 Å². The van der Waals surface area contributed by atoms with Crippen molar-refractivity contribution in [3.63, 3.8) is 0 Å². The lowest BCUT2D eigenvalue weighted by molar-refractivity contribution is -0.125. The summed E-state index contributed by atoms with van der Waals surface area (Å²) in [7, 11) is 1.89. The van der Waals surface area contributed by atoms with Crippen LogP contribution >= 0.6 is 0 Å². The number of nitrogens with zero attached hydrogens (tertiary/aromatic N) is 2. The van der Waals surface area contributed by atoms with Crippen LogP contribution in [0.2, 0.25) is 0 Å². The van der Waals surface area contributed by atoms with Crippen molar-refractivity contribution < 1.29 is 4.74 Å². The van der Waals surface area contributed by atoms with Crippen LogP contribution in [0.1, 0.15) is 37.8 Å². The van der Waals surface area contributed by atoms with Gasteiger partial charge >= 0.3 is 0 Å². The number of hydrogen-bond acceptors (Lipinski definition) is 3. The van der Waals surface area contributed by atoms with Gasteiger partial charge in [-0.3, -0.25) is 4.68 Å². The van der Waals surface area contributed by atoms with Gasteiger partial charge in [0.1, 0.15) is 5.82 Å². The van der Waals surface area contributed by atoms with E-state index >= 15 is 0 Å². The molecular formula is C16H25N3O. The quantitative estimate of drug-likeness (QED) is 0.918. The van der Waals surface area contributed by atoms with E-state index in [1.165, 1.54) is 32.1 Å². The molecule has 0 atom stereocenters. The first-order valence-electron chi connectivity index (χ1n) is 8.09. The molecule has 2 N–H and O–H groups in total. The van der Waals surface area contributed by atoms with Gasteiger partial charge in [0.2, 0.25) is 0 Å². The fourth-order valence-corrected chi connectivity index (χ4v) is 5.11. The molecule has 0 aromatic carbocycles. The van der Waals surface area contributed by atoms with E-state index in [9.17, 15) is 0 Å². The normalized spacial score (nSPS) is 38.5. The van der Waals surface area contributed by atoms with Crippen molar-refractivity contribution in [1.82, 2.24) is 9.78 Å². The van der Waals surface area contributed by atoms with Crippen molar-refractivity contribution in [3.05, 3.63) is 11.8 Å². The minimum Gasteiger partial charge on any atom is -0.384 e. The minimum atomic E-state index is 0.531. The lowest BCUT2D eigenvalue weighted by Gasteiger charge is -2.54. The second kappa shape index (κ2) is 4.76. The summed E-state index contributed by atoms with van der Waals surface area (Å²) in [6.07, 6.45) is 8.62. The molecule has 0 unspecified atom stereocenters. The molecule has 1 aromatic heterocycles. The maximum absolute atomic E-state index is 6.28. The maximum atomic E-state index is 6.28. The largest absolute Gasteiger partial charge is 0.384 e. The van der Waals surface area contributed by atoms with Crippen LogP contribution < -0.4 is 5.73 Å². The van der Waals surface area contributed by atoms with E-state index in [2.05, 4.69) is 5.10 Å². The highest BCUT2D eigenvalue weighted by Crippen LogP contribution is 2.54. The van der Waals surface area contributed by atoms with Crippen LogP contribution in [0.3, 0.4) is 0 Å². The zero-order valence-electron chi connectivity index (χ0n) is 12.3. The van der Waals surface area contributed by atoms with Crippen molar-refractivity contribution in [2.75, 3.05) is 12.3 Å². The molecule has 110 valence electrons. The number of aryl methyl sites for hydroxylation is 1. The molecule has 4 heteroatoms. The third-order valence-electron chi connectivity index (χ3n) is 5.78. The van der Waals surface area contributed by atoms with E-state index in [-0.39, 0.29) is 0 Å². The Kier molecular flexibility index (Phi) is 3.02. The molecule has 4 saturated carbocycles. The third-order valence-corrected chi connectivity index (χ3v) is 5.78. The molecule has 0 saturated heterocycles. The van der Waals surface area contributed by atoms with E-state index in [1.807, 2.05) is 13.1 Å². The SMILES string of the molecule is Cn1nc(CCOC2C3CC4CC(C3)CC2C4)cc1N. The lowest BCUT2D eigenvalue weighted by atomic mass is 9.55. The average Bonchev–Trinajstić information content (AvgIpc) is 2.71. The van der Waals surface area contributed by atoms with E-state index in [4.69, 9.17) is 10.5 Å². The molecule has 5 rings (SSSR count). The van der Waals surface area contributed by atoms with Gasteiger partial charge < -0.3 is 10.5 Å². The van der Waals surface area contributed by atoms with Gasteiger partial charge in [0.25, 0.3) is 0 Å². The Morgan fingerprint density at radius 3 is 2.40 bits per heavy atom. The highest BCUT2D eigenvalue weighted by Gasteiger charge is 2.48. The fourth-order valence-electron chi connectivity index (χ4n) is 5.11. The molecular weight excluding hydrogens is 250 g/mol. The summed E-state index contributed by atoms with van der Waals surface area (Å²) in [4.78, 5) is 0. The summed E-state index contributed by atoms with van der Waals surface area (Å²) in [5.41, 5.74) is 6.86. The Morgan fingerprint density at radius 1 is 1.20 bits per heavy atom. The summed E-state index contributed by atoms with van der Waals surface area (Å²) in [5.74, 6) is 4.47. The minimum absolute atomic E-state index is 0.531. The number of rotatable bonds is 4. The molecule has 4 aliphatic rings. The van der Waals surface area contributed by atoms with Gasteiger partial charge in [-0.1, -0.05) is 0 Å². The van der Waals surface area contributed by atoms with E-state index < -0.39 is 0 Å². The number of anilines is 1. The van der Waals surface area contributed by atoms with Crippen molar-refractivity contribution in [2.45, 2.75) is 44.6 Å². The van der Waals surface area contributed by atoms with Gasteiger partial charge in [0.15, 0.2) is 0 Å². The number of nitrogens with two attached hydrogens (primary N) is 1. The summed E-state index contributed by atoms with van der Waals surface area (Å²) in [5, 5.41) is 4.40. The lowest BCUT2D eigenvalue weighted by Crippen LogP contribution is -2.49. The second-order valence-corrected chi connectivity index (χ2v) is 7.20. The van der Waals surface area contributed by atoms with Gasteiger partial charge in [-0.25, -0.2) is 0 Å². The average molecular weight is 275 g/mol. The summed E-state index contributed by atoms with van der Waals surface area (Å²) >= 11 is 0. The van der Waals surface area contributed by atoms with Gasteiger partial charge in [-0.15, -0.1) is 0 Å². The maximum Gasteiger partial charge on any atom is 0.121 e. The first-order chi connectivity index (χ1) is 9.69. The summed E-state index contributed by atoms with van der Waals surface area (Å²) < 4.78 is 8.02. The van der Waals surface area contributed by atoms with E-state index in [1.54, 1.807) is 4.68 Å². The van der Waals surface area contributed by atoms with Crippen molar-refractivity contribution >= 4 is 5.82 Å². The van der Waals surface area contributed by atoms with Crippen LogP contribution in [0.25, 0.3) is 0 Å². The molecule has 4 fully saturated rings. The Bertz CT molecular complexity index is 448. The van der Waals surface area contributed by atoms with Crippen molar-refractivity contribution in [1.29, 1.82) is 0 Å². The summed E-state index contributed by atoms with van der Waals surface area (Å²) in [6, 6.07) is 1.96. The molecule has 1 heterocycles. The monoisotopic (exact) mass is 275 g/mol. The number of ether oxygens (including phenoxy) is 1. The zero-order chi connectivity index (χ0) is 13.7. The molecule has 4 nitrogen and oxygen atoms in total. The number of hydrogen-bond donors (Lipinski definition) is 1. The van der Waals surface area contributed by atoms with Crippen LogP contribution in [-0.4, -0.2) is 22.5 Å². The fraction of sp³-hybridized carbons (Fsp3) is 0.812. The first-order valence-corrected chi connectivity index (χ1v) is 8.09. The standard InChI is InChI=1S/C16H25N3O/c1-19-15(17)9-14(18-19)2-3-20-16-12-5-10-4-11(7-12)8-13(16)6-10/h9-13,16H,2-8,17H2,1H3. The topological polar surface area (TPSA) is 53.1 Å².